The number of halogens is 1. The number of nitrogen functional groups attached to an aromatic ring is 1. The molecule has 0 fully saturated rings. The van der Waals surface area contributed by atoms with Crippen molar-refractivity contribution in [1.29, 1.82) is 0 Å². The molecular weight excluding hydrogens is 294 g/mol. The number of rotatable bonds is 4. The van der Waals surface area contributed by atoms with Gasteiger partial charge in [-0.2, -0.15) is 0 Å². The van der Waals surface area contributed by atoms with E-state index in [9.17, 15) is 4.79 Å². The summed E-state index contributed by atoms with van der Waals surface area (Å²) >= 11 is 7.14. The Balaban J connectivity index is 1.96. The Kier molecular flexibility index (Phi) is 4.87. The van der Waals surface area contributed by atoms with Crippen LogP contribution < -0.4 is 11.1 Å². The van der Waals surface area contributed by atoms with Gasteiger partial charge in [0, 0.05) is 17.6 Å². The van der Waals surface area contributed by atoms with Crippen molar-refractivity contribution in [3.8, 4) is 0 Å². The van der Waals surface area contributed by atoms with Crippen LogP contribution >= 0.6 is 23.4 Å². The van der Waals surface area contributed by atoms with Crippen molar-refractivity contribution in [1.82, 2.24) is 4.98 Å². The Labute approximate surface area is 126 Å². The number of pyridine rings is 1. The summed E-state index contributed by atoms with van der Waals surface area (Å²) in [6.45, 7) is 1.82. The van der Waals surface area contributed by atoms with Crippen LogP contribution in [0.15, 0.2) is 47.6 Å². The maximum Gasteiger partial charge on any atom is 0.237 e. The molecule has 6 heteroatoms. The van der Waals surface area contributed by atoms with Gasteiger partial charge in [0.2, 0.25) is 5.91 Å². The first kappa shape index (κ1) is 14.7. The van der Waals surface area contributed by atoms with E-state index in [2.05, 4.69) is 10.3 Å². The van der Waals surface area contributed by atoms with Crippen molar-refractivity contribution in [3.05, 3.63) is 47.6 Å². The van der Waals surface area contributed by atoms with Crippen LogP contribution in [0.2, 0.25) is 5.02 Å². The zero-order valence-corrected chi connectivity index (χ0v) is 12.4. The zero-order valence-electron chi connectivity index (χ0n) is 10.8. The smallest absolute Gasteiger partial charge is 0.237 e. The Morgan fingerprint density at radius 2 is 2.20 bits per heavy atom. The van der Waals surface area contributed by atoms with Gasteiger partial charge in [-0.15, -0.1) is 0 Å². The lowest BCUT2D eigenvalue weighted by atomic mass is 10.3. The molecule has 104 valence electrons. The third kappa shape index (κ3) is 4.15. The van der Waals surface area contributed by atoms with Gasteiger partial charge < -0.3 is 11.1 Å². The molecule has 0 saturated carbocycles. The second kappa shape index (κ2) is 6.63. The monoisotopic (exact) mass is 307 g/mol. The second-order valence-electron chi connectivity index (χ2n) is 4.19. The van der Waals surface area contributed by atoms with E-state index in [1.54, 1.807) is 42.6 Å². The molecule has 0 spiro atoms. The van der Waals surface area contributed by atoms with Crippen molar-refractivity contribution < 1.29 is 4.79 Å². The van der Waals surface area contributed by atoms with Crippen LogP contribution in [0.3, 0.4) is 0 Å². The van der Waals surface area contributed by atoms with Gasteiger partial charge in [-0.05, 0) is 37.3 Å². The highest BCUT2D eigenvalue weighted by Gasteiger charge is 2.15. The highest BCUT2D eigenvalue weighted by Crippen LogP contribution is 2.23. The van der Waals surface area contributed by atoms with E-state index in [4.69, 9.17) is 17.3 Å². The number of carbonyl (C=O) groups excluding carboxylic acids is 1. The fourth-order valence-corrected chi connectivity index (χ4v) is 2.43. The fourth-order valence-electron chi connectivity index (χ4n) is 1.53. The summed E-state index contributed by atoms with van der Waals surface area (Å²) in [6.07, 6.45) is 1.56. The van der Waals surface area contributed by atoms with E-state index in [1.807, 2.05) is 6.92 Å². The molecular formula is C14H14ClN3OS. The summed E-state index contributed by atoms with van der Waals surface area (Å²) in [7, 11) is 0. The lowest BCUT2D eigenvalue weighted by molar-refractivity contribution is -0.115. The summed E-state index contributed by atoms with van der Waals surface area (Å²) in [5.74, 6) is -0.0997. The van der Waals surface area contributed by atoms with Crippen LogP contribution in [0.1, 0.15) is 6.92 Å². The molecule has 1 unspecified atom stereocenters. The van der Waals surface area contributed by atoms with Crippen LogP contribution in [0.5, 0.6) is 0 Å². The molecule has 0 bridgehead atoms. The maximum absolute atomic E-state index is 12.1. The minimum absolute atomic E-state index is 0.0997. The molecule has 2 aromatic rings. The number of thioether (sulfide) groups is 1. The summed E-state index contributed by atoms with van der Waals surface area (Å²) < 4.78 is 0. The van der Waals surface area contributed by atoms with E-state index in [0.29, 0.717) is 16.4 Å². The molecule has 0 saturated heterocycles. The predicted octanol–water partition coefficient (Wildman–Crippen LogP) is 3.44. The average molecular weight is 308 g/mol. The molecule has 0 aliphatic carbocycles. The van der Waals surface area contributed by atoms with Crippen LogP contribution in [0.4, 0.5) is 11.4 Å². The van der Waals surface area contributed by atoms with E-state index in [0.717, 1.165) is 5.03 Å². The first-order valence-corrected chi connectivity index (χ1v) is 7.25. The van der Waals surface area contributed by atoms with Gasteiger partial charge in [0.15, 0.2) is 0 Å². The van der Waals surface area contributed by atoms with Crippen molar-refractivity contribution in [3.63, 3.8) is 0 Å². The fraction of sp³-hybridized carbons (Fsp3) is 0.143. The lowest BCUT2D eigenvalue weighted by Gasteiger charge is -2.11. The number of nitrogens with one attached hydrogen (secondary N) is 1. The second-order valence-corrected chi connectivity index (χ2v) is 5.99. The Morgan fingerprint density at radius 3 is 2.85 bits per heavy atom. The van der Waals surface area contributed by atoms with Gasteiger partial charge in [0.25, 0.3) is 0 Å². The number of nitrogens with zero attached hydrogens (tertiary/aromatic N) is 1. The van der Waals surface area contributed by atoms with E-state index in [1.165, 1.54) is 11.8 Å². The van der Waals surface area contributed by atoms with E-state index >= 15 is 0 Å². The highest BCUT2D eigenvalue weighted by molar-refractivity contribution is 8.00. The van der Waals surface area contributed by atoms with Gasteiger partial charge >= 0.3 is 0 Å². The predicted molar refractivity (Wildman–Crippen MR) is 84.1 cm³/mol. The molecule has 0 aliphatic heterocycles. The van der Waals surface area contributed by atoms with Crippen molar-refractivity contribution in [2.45, 2.75) is 17.2 Å². The number of aromatic nitrogens is 1. The minimum Gasteiger partial charge on any atom is -0.399 e. The number of nitrogens with two attached hydrogens (primary N) is 1. The Hall–Kier alpha value is -1.72. The van der Waals surface area contributed by atoms with E-state index in [-0.39, 0.29) is 11.2 Å². The summed E-state index contributed by atoms with van der Waals surface area (Å²) in [5, 5.41) is 3.88. The largest absolute Gasteiger partial charge is 0.399 e. The molecule has 4 nitrogen and oxygen atoms in total. The Morgan fingerprint density at radius 1 is 1.40 bits per heavy atom. The first-order valence-electron chi connectivity index (χ1n) is 5.99. The number of anilines is 2. The zero-order chi connectivity index (χ0) is 14.5. The van der Waals surface area contributed by atoms with Gasteiger partial charge in [-0.3, -0.25) is 4.79 Å². The highest BCUT2D eigenvalue weighted by atomic mass is 35.5. The maximum atomic E-state index is 12.1. The quantitative estimate of drug-likeness (QED) is 0.670. The molecule has 1 atom stereocenters. The lowest BCUT2D eigenvalue weighted by Crippen LogP contribution is -2.22. The average Bonchev–Trinajstić information content (AvgIpc) is 2.41. The normalized spacial score (nSPS) is 11.9. The van der Waals surface area contributed by atoms with Gasteiger partial charge in [-0.25, -0.2) is 4.98 Å². The van der Waals surface area contributed by atoms with Gasteiger partial charge in [0.1, 0.15) is 0 Å². The SMILES string of the molecule is CC(Sc1ccc(Cl)cn1)C(=O)Nc1cccc(N)c1. The third-order valence-corrected chi connectivity index (χ3v) is 3.80. The van der Waals surface area contributed by atoms with Crippen LogP contribution in [-0.2, 0) is 4.79 Å². The summed E-state index contributed by atoms with van der Waals surface area (Å²) in [6, 6.07) is 10.6. The summed E-state index contributed by atoms with van der Waals surface area (Å²) in [4.78, 5) is 16.2. The molecule has 0 radical (unpaired) electrons. The van der Waals surface area contributed by atoms with Crippen molar-refractivity contribution >= 4 is 40.6 Å². The standard InChI is InChI=1S/C14H14ClN3OS/c1-9(20-13-6-5-10(15)8-17-13)14(19)18-12-4-2-3-11(16)7-12/h2-9H,16H2,1H3,(H,18,19). The topological polar surface area (TPSA) is 68.0 Å². The molecule has 1 aromatic heterocycles. The van der Waals surface area contributed by atoms with Crippen molar-refractivity contribution in [2.24, 2.45) is 0 Å². The number of benzene rings is 1. The van der Waals surface area contributed by atoms with Gasteiger partial charge in [0.05, 0.1) is 15.3 Å². The molecule has 20 heavy (non-hydrogen) atoms. The number of amides is 1. The molecule has 2 rings (SSSR count). The van der Waals surface area contributed by atoms with Crippen LogP contribution in [-0.4, -0.2) is 16.1 Å². The molecule has 1 amide bonds. The number of hydrogen-bond donors (Lipinski definition) is 2. The third-order valence-electron chi connectivity index (χ3n) is 2.52. The summed E-state index contributed by atoms with van der Waals surface area (Å²) in [5.41, 5.74) is 6.97. The van der Waals surface area contributed by atoms with Crippen LogP contribution in [0, 0.1) is 0 Å². The molecule has 1 heterocycles. The number of hydrogen-bond acceptors (Lipinski definition) is 4. The van der Waals surface area contributed by atoms with Gasteiger partial charge in [-0.1, -0.05) is 29.4 Å². The molecule has 3 N–H and O–H groups in total. The molecule has 0 aliphatic rings. The number of carbonyl (C=O) groups is 1. The minimum atomic E-state index is -0.273. The van der Waals surface area contributed by atoms with E-state index < -0.39 is 0 Å². The first-order chi connectivity index (χ1) is 9.54. The van der Waals surface area contributed by atoms with Crippen LogP contribution in [0.25, 0.3) is 0 Å². The molecule has 1 aromatic carbocycles. The Bertz CT molecular complexity index is 604. The van der Waals surface area contributed by atoms with Crippen molar-refractivity contribution in [2.75, 3.05) is 11.1 Å².